The van der Waals surface area contributed by atoms with E-state index in [1.165, 1.54) is 0 Å². The highest BCUT2D eigenvalue weighted by molar-refractivity contribution is 9.10. The molecule has 0 saturated heterocycles. The molecule has 0 aliphatic rings. The standard InChI is InChI=1S/C13H24BrN3O2/c1-4-6-15-12(10-19-5-2)13-11(14)9-16-17(13)7-8-18-3/h9,12,15H,4-8,10H2,1-3H3. The molecule has 1 unspecified atom stereocenters. The van der Waals surface area contributed by atoms with Crippen molar-refractivity contribution in [3.05, 3.63) is 16.4 Å². The van der Waals surface area contributed by atoms with E-state index in [2.05, 4.69) is 33.3 Å². The number of nitrogens with one attached hydrogen (secondary N) is 1. The molecule has 0 aliphatic heterocycles. The van der Waals surface area contributed by atoms with E-state index in [4.69, 9.17) is 9.47 Å². The molecule has 110 valence electrons. The first-order valence-electron chi connectivity index (χ1n) is 6.75. The maximum atomic E-state index is 5.58. The van der Waals surface area contributed by atoms with Crippen LogP contribution >= 0.6 is 15.9 Å². The number of ether oxygens (including phenoxy) is 2. The van der Waals surface area contributed by atoms with Crippen molar-refractivity contribution in [2.75, 3.05) is 33.5 Å². The summed E-state index contributed by atoms with van der Waals surface area (Å²) in [5.41, 5.74) is 1.12. The van der Waals surface area contributed by atoms with Gasteiger partial charge in [0.2, 0.25) is 0 Å². The SMILES string of the molecule is CCCNC(COCC)c1c(Br)cnn1CCOC. The van der Waals surface area contributed by atoms with E-state index >= 15 is 0 Å². The minimum Gasteiger partial charge on any atom is -0.383 e. The van der Waals surface area contributed by atoms with Gasteiger partial charge in [-0.05, 0) is 35.8 Å². The molecule has 0 saturated carbocycles. The van der Waals surface area contributed by atoms with Gasteiger partial charge in [-0.1, -0.05) is 6.92 Å². The molecular formula is C13H24BrN3O2. The molecule has 0 aliphatic carbocycles. The number of hydrogen-bond donors (Lipinski definition) is 1. The zero-order chi connectivity index (χ0) is 14.1. The van der Waals surface area contributed by atoms with Crippen LogP contribution in [0, 0.1) is 0 Å². The predicted molar refractivity (Wildman–Crippen MR) is 79.3 cm³/mol. The fraction of sp³-hybridized carbons (Fsp3) is 0.769. The van der Waals surface area contributed by atoms with Crippen molar-refractivity contribution in [1.29, 1.82) is 0 Å². The Bertz CT molecular complexity index is 350. The second-order valence-corrected chi connectivity index (χ2v) is 5.11. The lowest BCUT2D eigenvalue weighted by Crippen LogP contribution is -2.29. The molecule has 1 N–H and O–H groups in total. The van der Waals surface area contributed by atoms with Gasteiger partial charge in [-0.25, -0.2) is 0 Å². The van der Waals surface area contributed by atoms with Crippen molar-refractivity contribution in [3.63, 3.8) is 0 Å². The molecule has 1 aromatic heterocycles. The summed E-state index contributed by atoms with van der Waals surface area (Å²) in [5.74, 6) is 0. The summed E-state index contributed by atoms with van der Waals surface area (Å²) >= 11 is 3.57. The van der Waals surface area contributed by atoms with Crippen molar-refractivity contribution in [3.8, 4) is 0 Å². The summed E-state index contributed by atoms with van der Waals surface area (Å²) in [7, 11) is 1.70. The van der Waals surface area contributed by atoms with Gasteiger partial charge >= 0.3 is 0 Å². The highest BCUT2D eigenvalue weighted by Crippen LogP contribution is 2.23. The quantitative estimate of drug-likeness (QED) is 0.714. The Balaban J connectivity index is 2.82. The highest BCUT2D eigenvalue weighted by Gasteiger charge is 2.19. The van der Waals surface area contributed by atoms with Crippen LogP contribution in [0.25, 0.3) is 0 Å². The zero-order valence-electron chi connectivity index (χ0n) is 12.0. The average Bonchev–Trinajstić information content (AvgIpc) is 2.78. The van der Waals surface area contributed by atoms with Crippen LogP contribution in [-0.2, 0) is 16.0 Å². The summed E-state index contributed by atoms with van der Waals surface area (Å²) in [5, 5.41) is 7.89. The Morgan fingerprint density at radius 3 is 2.89 bits per heavy atom. The lowest BCUT2D eigenvalue weighted by atomic mass is 10.2. The molecule has 0 bridgehead atoms. The van der Waals surface area contributed by atoms with Crippen LogP contribution in [0.2, 0.25) is 0 Å². The maximum absolute atomic E-state index is 5.58. The van der Waals surface area contributed by atoms with Crippen molar-refractivity contribution < 1.29 is 9.47 Å². The lowest BCUT2D eigenvalue weighted by molar-refractivity contribution is 0.118. The Kier molecular flexibility index (Phi) is 8.29. The molecule has 0 amide bonds. The number of aromatic nitrogens is 2. The monoisotopic (exact) mass is 333 g/mol. The fourth-order valence-electron chi connectivity index (χ4n) is 1.86. The minimum absolute atomic E-state index is 0.147. The van der Waals surface area contributed by atoms with Crippen molar-refractivity contribution >= 4 is 15.9 Å². The molecule has 6 heteroatoms. The maximum Gasteiger partial charge on any atom is 0.0741 e. The van der Waals surface area contributed by atoms with E-state index in [1.807, 2.05) is 17.8 Å². The van der Waals surface area contributed by atoms with Crippen LogP contribution in [0.15, 0.2) is 10.7 Å². The second kappa shape index (κ2) is 9.47. The predicted octanol–water partition coefficient (Wildman–Crippen LogP) is 2.37. The van der Waals surface area contributed by atoms with E-state index in [-0.39, 0.29) is 6.04 Å². The minimum atomic E-state index is 0.147. The molecular weight excluding hydrogens is 310 g/mol. The number of rotatable bonds is 10. The smallest absolute Gasteiger partial charge is 0.0741 e. The second-order valence-electron chi connectivity index (χ2n) is 4.26. The van der Waals surface area contributed by atoms with Crippen molar-refractivity contribution in [2.24, 2.45) is 0 Å². The van der Waals surface area contributed by atoms with Gasteiger partial charge in [0, 0.05) is 13.7 Å². The van der Waals surface area contributed by atoms with Gasteiger partial charge in [0.1, 0.15) is 0 Å². The number of hydrogen-bond acceptors (Lipinski definition) is 4. The van der Waals surface area contributed by atoms with Crippen molar-refractivity contribution in [2.45, 2.75) is 32.9 Å². The molecule has 0 aromatic carbocycles. The summed E-state index contributed by atoms with van der Waals surface area (Å²) in [6.07, 6.45) is 2.92. The van der Waals surface area contributed by atoms with Crippen LogP contribution in [0.5, 0.6) is 0 Å². The summed E-state index contributed by atoms with van der Waals surface area (Å²) in [4.78, 5) is 0. The van der Waals surface area contributed by atoms with Gasteiger partial charge in [-0.15, -0.1) is 0 Å². The third-order valence-electron chi connectivity index (χ3n) is 2.80. The topological polar surface area (TPSA) is 48.3 Å². The van der Waals surface area contributed by atoms with Gasteiger partial charge < -0.3 is 14.8 Å². The van der Waals surface area contributed by atoms with E-state index < -0.39 is 0 Å². The molecule has 1 rings (SSSR count). The largest absolute Gasteiger partial charge is 0.383 e. The molecule has 19 heavy (non-hydrogen) atoms. The first kappa shape index (κ1) is 16.6. The molecule has 1 aromatic rings. The number of methoxy groups -OCH3 is 1. The van der Waals surface area contributed by atoms with Gasteiger partial charge in [-0.3, -0.25) is 4.68 Å². The number of halogens is 1. The van der Waals surface area contributed by atoms with E-state index in [0.717, 1.165) is 29.7 Å². The van der Waals surface area contributed by atoms with Crippen LogP contribution in [0.3, 0.4) is 0 Å². The van der Waals surface area contributed by atoms with Crippen LogP contribution < -0.4 is 5.32 Å². The fourth-order valence-corrected chi connectivity index (χ4v) is 2.44. The number of nitrogens with zero attached hydrogens (tertiary/aromatic N) is 2. The Morgan fingerprint density at radius 2 is 2.26 bits per heavy atom. The molecule has 0 spiro atoms. The van der Waals surface area contributed by atoms with Crippen LogP contribution in [-0.4, -0.2) is 43.3 Å². The van der Waals surface area contributed by atoms with Gasteiger partial charge in [0.15, 0.2) is 0 Å². The van der Waals surface area contributed by atoms with Gasteiger partial charge in [-0.2, -0.15) is 5.10 Å². The van der Waals surface area contributed by atoms with Crippen LogP contribution in [0.4, 0.5) is 0 Å². The zero-order valence-corrected chi connectivity index (χ0v) is 13.6. The average molecular weight is 334 g/mol. The van der Waals surface area contributed by atoms with E-state index in [9.17, 15) is 0 Å². The van der Waals surface area contributed by atoms with E-state index in [1.54, 1.807) is 7.11 Å². The lowest BCUT2D eigenvalue weighted by Gasteiger charge is -2.20. The van der Waals surface area contributed by atoms with Gasteiger partial charge in [0.05, 0.1) is 42.2 Å². The van der Waals surface area contributed by atoms with Crippen LogP contribution in [0.1, 0.15) is 32.0 Å². The third kappa shape index (κ3) is 5.22. The molecule has 5 nitrogen and oxygen atoms in total. The molecule has 1 heterocycles. The summed E-state index contributed by atoms with van der Waals surface area (Å²) in [6, 6.07) is 0.147. The first-order valence-corrected chi connectivity index (χ1v) is 7.55. The summed E-state index contributed by atoms with van der Waals surface area (Å²) < 4.78 is 13.7. The van der Waals surface area contributed by atoms with Gasteiger partial charge in [0.25, 0.3) is 0 Å². The Morgan fingerprint density at radius 1 is 1.47 bits per heavy atom. The Hall–Kier alpha value is -0.430. The van der Waals surface area contributed by atoms with Crippen molar-refractivity contribution in [1.82, 2.24) is 15.1 Å². The third-order valence-corrected chi connectivity index (χ3v) is 3.41. The Labute approximate surface area is 123 Å². The summed E-state index contributed by atoms with van der Waals surface area (Å²) in [6.45, 7) is 7.88. The normalized spacial score (nSPS) is 12.8. The first-order chi connectivity index (χ1) is 9.24. The molecule has 0 radical (unpaired) electrons. The van der Waals surface area contributed by atoms with E-state index in [0.29, 0.717) is 19.8 Å². The molecule has 0 fully saturated rings. The highest BCUT2D eigenvalue weighted by atomic mass is 79.9. The molecule has 1 atom stereocenters.